The van der Waals surface area contributed by atoms with Crippen LogP contribution in [0, 0.1) is 11.6 Å². The van der Waals surface area contributed by atoms with E-state index in [0.717, 1.165) is 31.4 Å². The fourth-order valence-electron chi connectivity index (χ4n) is 2.96. The van der Waals surface area contributed by atoms with Crippen molar-refractivity contribution in [1.29, 1.82) is 0 Å². The molecule has 0 radical (unpaired) electrons. The summed E-state index contributed by atoms with van der Waals surface area (Å²) in [7, 11) is 0. The van der Waals surface area contributed by atoms with Gasteiger partial charge in [0.1, 0.15) is 6.10 Å². The summed E-state index contributed by atoms with van der Waals surface area (Å²) in [6.07, 6.45) is 4.08. The van der Waals surface area contributed by atoms with Crippen molar-refractivity contribution in [2.24, 2.45) is 0 Å². The lowest BCUT2D eigenvalue weighted by Crippen LogP contribution is -2.48. The number of anilines is 1. The Morgan fingerprint density at radius 3 is 2.71 bits per heavy atom. The highest BCUT2D eigenvalue weighted by Crippen LogP contribution is 2.43. The molecule has 1 saturated heterocycles. The molecule has 1 atom stereocenters. The Labute approximate surface area is 121 Å². The lowest BCUT2D eigenvalue weighted by Gasteiger charge is -2.46. The number of nitrogen functional groups attached to an aromatic ring is 1. The van der Waals surface area contributed by atoms with E-state index >= 15 is 0 Å². The van der Waals surface area contributed by atoms with Crippen LogP contribution in [0.1, 0.15) is 42.5 Å². The van der Waals surface area contributed by atoms with Crippen LogP contribution >= 0.6 is 0 Å². The van der Waals surface area contributed by atoms with Crippen LogP contribution in [0.3, 0.4) is 0 Å². The second-order valence-electron chi connectivity index (χ2n) is 5.76. The molecule has 1 aromatic rings. The molecule has 3 rings (SSSR count). The molecule has 1 spiro atoms. The van der Waals surface area contributed by atoms with Gasteiger partial charge in [0.25, 0.3) is 0 Å². The van der Waals surface area contributed by atoms with E-state index in [2.05, 4.69) is 0 Å². The Kier molecular flexibility index (Phi) is 3.57. The average molecular weight is 297 g/mol. The maximum atomic E-state index is 13.2. The summed E-state index contributed by atoms with van der Waals surface area (Å²) >= 11 is 0. The summed E-state index contributed by atoms with van der Waals surface area (Å²) in [6.45, 7) is 0.547. The Bertz CT molecular complexity index is 572. The molecule has 2 N–H and O–H groups in total. The number of rotatable bonds is 2. The van der Waals surface area contributed by atoms with Gasteiger partial charge in [-0.05, 0) is 25.3 Å². The van der Waals surface area contributed by atoms with Gasteiger partial charge in [0.2, 0.25) is 0 Å². The first-order valence-corrected chi connectivity index (χ1v) is 7.09. The standard InChI is InChI=1S/C15H17F2NO3/c16-11-6-10(13(18)7-12(11)17)14(19)21-9-2-5-20-15(8-9)3-1-4-15/h6-7,9H,1-5,8,18H2. The monoisotopic (exact) mass is 297 g/mol. The van der Waals surface area contributed by atoms with Gasteiger partial charge in [0, 0.05) is 24.6 Å². The number of carbonyl (C=O) groups excluding carboxylic acids is 1. The normalized spacial score (nSPS) is 23.6. The summed E-state index contributed by atoms with van der Waals surface area (Å²) in [6, 6.07) is 1.58. The average Bonchev–Trinajstić information content (AvgIpc) is 2.41. The first-order valence-electron chi connectivity index (χ1n) is 7.09. The highest BCUT2D eigenvalue weighted by atomic mass is 19.2. The highest BCUT2D eigenvalue weighted by molar-refractivity contribution is 5.95. The van der Waals surface area contributed by atoms with Crippen molar-refractivity contribution in [1.82, 2.24) is 0 Å². The van der Waals surface area contributed by atoms with Crippen LogP contribution in [0.25, 0.3) is 0 Å². The molecule has 2 aliphatic rings. The number of carbonyl (C=O) groups is 1. The van der Waals surface area contributed by atoms with Gasteiger partial charge in [-0.2, -0.15) is 0 Å². The number of hydrogen-bond donors (Lipinski definition) is 1. The minimum absolute atomic E-state index is 0.121. The Hall–Kier alpha value is -1.69. The quantitative estimate of drug-likeness (QED) is 0.673. The van der Waals surface area contributed by atoms with Crippen LogP contribution in [0.15, 0.2) is 12.1 Å². The van der Waals surface area contributed by atoms with Crippen molar-refractivity contribution < 1.29 is 23.0 Å². The van der Waals surface area contributed by atoms with Gasteiger partial charge >= 0.3 is 5.97 Å². The number of halogens is 2. The van der Waals surface area contributed by atoms with E-state index in [4.69, 9.17) is 15.2 Å². The molecule has 114 valence electrons. The van der Waals surface area contributed by atoms with Crippen LogP contribution in [-0.2, 0) is 9.47 Å². The van der Waals surface area contributed by atoms with Gasteiger partial charge in [-0.3, -0.25) is 0 Å². The summed E-state index contributed by atoms with van der Waals surface area (Å²) in [5.41, 5.74) is 5.15. The SMILES string of the molecule is Nc1cc(F)c(F)cc1C(=O)OC1CCOC2(CCC2)C1. The van der Waals surface area contributed by atoms with E-state index in [1.165, 1.54) is 0 Å². The number of benzene rings is 1. The summed E-state index contributed by atoms with van der Waals surface area (Å²) in [5, 5.41) is 0. The van der Waals surface area contributed by atoms with Crippen LogP contribution < -0.4 is 5.73 Å². The first-order chi connectivity index (χ1) is 9.99. The summed E-state index contributed by atoms with van der Waals surface area (Å²) < 4.78 is 37.4. The topological polar surface area (TPSA) is 61.6 Å². The maximum Gasteiger partial charge on any atom is 0.340 e. The van der Waals surface area contributed by atoms with Crippen molar-refractivity contribution in [3.8, 4) is 0 Å². The third-order valence-corrected chi connectivity index (χ3v) is 4.30. The number of nitrogens with two attached hydrogens (primary N) is 1. The molecular weight excluding hydrogens is 280 g/mol. The second-order valence-corrected chi connectivity index (χ2v) is 5.76. The van der Waals surface area contributed by atoms with Gasteiger partial charge in [-0.15, -0.1) is 0 Å². The second kappa shape index (κ2) is 5.26. The zero-order chi connectivity index (χ0) is 15.0. The molecular formula is C15H17F2NO3. The number of esters is 1. The van der Waals surface area contributed by atoms with Crippen LogP contribution in [-0.4, -0.2) is 24.3 Å². The minimum Gasteiger partial charge on any atom is -0.459 e. The van der Waals surface area contributed by atoms with Crippen LogP contribution in [0.2, 0.25) is 0 Å². The third kappa shape index (κ3) is 2.72. The molecule has 1 aromatic carbocycles. The third-order valence-electron chi connectivity index (χ3n) is 4.30. The van der Waals surface area contributed by atoms with E-state index < -0.39 is 17.6 Å². The van der Waals surface area contributed by atoms with Gasteiger partial charge in [0.05, 0.1) is 17.8 Å². The molecule has 0 aromatic heterocycles. The highest BCUT2D eigenvalue weighted by Gasteiger charge is 2.43. The zero-order valence-electron chi connectivity index (χ0n) is 11.5. The smallest absolute Gasteiger partial charge is 0.340 e. The van der Waals surface area contributed by atoms with Gasteiger partial charge in [-0.1, -0.05) is 0 Å². The molecule has 1 unspecified atom stereocenters. The van der Waals surface area contributed by atoms with E-state index in [1.807, 2.05) is 0 Å². The molecule has 0 bridgehead atoms. The molecule has 1 heterocycles. The maximum absolute atomic E-state index is 13.2. The fraction of sp³-hybridized carbons (Fsp3) is 0.533. The molecule has 6 heteroatoms. The predicted octanol–water partition coefficient (Wildman–Crippen LogP) is 2.81. The van der Waals surface area contributed by atoms with E-state index in [9.17, 15) is 13.6 Å². The molecule has 1 saturated carbocycles. The Balaban J connectivity index is 1.70. The molecule has 21 heavy (non-hydrogen) atoms. The summed E-state index contributed by atoms with van der Waals surface area (Å²) in [4.78, 5) is 12.1. The predicted molar refractivity (Wildman–Crippen MR) is 71.7 cm³/mol. The first kappa shape index (κ1) is 14.3. The van der Waals surface area contributed by atoms with Gasteiger partial charge < -0.3 is 15.2 Å². The molecule has 0 amide bonds. The van der Waals surface area contributed by atoms with Crippen molar-refractivity contribution >= 4 is 11.7 Å². The van der Waals surface area contributed by atoms with E-state index in [1.54, 1.807) is 0 Å². The van der Waals surface area contributed by atoms with Crippen molar-refractivity contribution in [2.75, 3.05) is 12.3 Å². The van der Waals surface area contributed by atoms with Crippen molar-refractivity contribution in [2.45, 2.75) is 43.8 Å². The van der Waals surface area contributed by atoms with Crippen molar-refractivity contribution in [3.05, 3.63) is 29.3 Å². The molecule has 1 aliphatic heterocycles. The number of ether oxygens (including phenoxy) is 2. The zero-order valence-corrected chi connectivity index (χ0v) is 11.5. The van der Waals surface area contributed by atoms with Crippen LogP contribution in [0.4, 0.5) is 14.5 Å². The minimum atomic E-state index is -1.11. The molecule has 1 aliphatic carbocycles. The van der Waals surface area contributed by atoms with Gasteiger partial charge in [0.15, 0.2) is 11.6 Å². The van der Waals surface area contributed by atoms with E-state index in [0.29, 0.717) is 19.4 Å². The largest absolute Gasteiger partial charge is 0.459 e. The fourth-order valence-corrected chi connectivity index (χ4v) is 2.96. The van der Waals surface area contributed by atoms with Crippen molar-refractivity contribution in [3.63, 3.8) is 0 Å². The molecule has 4 nitrogen and oxygen atoms in total. The van der Waals surface area contributed by atoms with E-state index in [-0.39, 0.29) is 23.0 Å². The Morgan fingerprint density at radius 1 is 1.33 bits per heavy atom. The number of hydrogen-bond acceptors (Lipinski definition) is 4. The molecule has 2 fully saturated rings. The lowest BCUT2D eigenvalue weighted by atomic mass is 9.74. The Morgan fingerprint density at radius 2 is 2.05 bits per heavy atom. The summed E-state index contributed by atoms with van der Waals surface area (Å²) in [5.74, 6) is -2.91. The van der Waals surface area contributed by atoms with Gasteiger partial charge in [-0.25, -0.2) is 13.6 Å². The lowest BCUT2D eigenvalue weighted by molar-refractivity contribution is -0.159. The van der Waals surface area contributed by atoms with Crippen LogP contribution in [0.5, 0.6) is 0 Å².